The van der Waals surface area contributed by atoms with E-state index in [0.717, 1.165) is 30.4 Å². The van der Waals surface area contributed by atoms with E-state index in [1.54, 1.807) is 31.4 Å². The number of methoxy groups -OCH3 is 2. The van der Waals surface area contributed by atoms with E-state index in [4.69, 9.17) is 32.8 Å². The Bertz CT molecular complexity index is 1870. The molecule has 352 valence electrons. The molecule has 9 atom stereocenters. The Morgan fingerprint density at radius 3 is 2.40 bits per heavy atom. The summed E-state index contributed by atoms with van der Waals surface area (Å²) in [6.45, 7) is 20.9. The van der Waals surface area contributed by atoms with E-state index in [1.807, 2.05) is 43.3 Å². The molecule has 2 unspecified atom stereocenters. The van der Waals surface area contributed by atoms with Crippen LogP contribution in [0.25, 0.3) is 0 Å². The van der Waals surface area contributed by atoms with Crippen LogP contribution in [0.5, 0.6) is 5.75 Å². The third-order valence-corrected chi connectivity index (χ3v) is 19.2. The van der Waals surface area contributed by atoms with Crippen LogP contribution in [0.2, 0.25) is 18.1 Å². The molecule has 0 bridgehead atoms. The number of hydrogen-bond donors (Lipinski definition) is 2. The van der Waals surface area contributed by atoms with E-state index in [-0.39, 0.29) is 60.4 Å². The molecule has 63 heavy (non-hydrogen) atoms. The second kappa shape index (κ2) is 25.1. The van der Waals surface area contributed by atoms with Gasteiger partial charge in [0.25, 0.3) is 0 Å². The van der Waals surface area contributed by atoms with Gasteiger partial charge < -0.3 is 43.1 Å². The zero-order valence-corrected chi connectivity index (χ0v) is 41.1. The lowest BCUT2D eigenvalue weighted by molar-refractivity contribution is -0.115. The highest BCUT2D eigenvalue weighted by atomic mass is 32.2. The maximum absolute atomic E-state index is 14.6. The lowest BCUT2D eigenvalue weighted by Gasteiger charge is -2.37. The van der Waals surface area contributed by atoms with Gasteiger partial charge in [0.15, 0.2) is 18.2 Å². The number of benzene rings is 2. The molecular weight excluding hydrogens is 837 g/mol. The third-order valence-electron chi connectivity index (χ3n) is 12.4. The van der Waals surface area contributed by atoms with Crippen molar-refractivity contribution in [3.8, 4) is 5.75 Å². The summed E-state index contributed by atoms with van der Waals surface area (Å²) in [6, 6.07) is 15.4. The van der Waals surface area contributed by atoms with Gasteiger partial charge in [0, 0.05) is 13.7 Å². The van der Waals surface area contributed by atoms with Crippen molar-refractivity contribution in [2.45, 2.75) is 157 Å². The van der Waals surface area contributed by atoms with Crippen LogP contribution in [0.1, 0.15) is 85.1 Å². The Morgan fingerprint density at radius 2 is 1.75 bits per heavy atom. The van der Waals surface area contributed by atoms with Crippen molar-refractivity contribution in [1.82, 2.24) is 0 Å². The lowest BCUT2D eigenvalue weighted by Crippen LogP contribution is -2.47. The van der Waals surface area contributed by atoms with Crippen molar-refractivity contribution in [3.63, 3.8) is 0 Å². The van der Waals surface area contributed by atoms with Crippen molar-refractivity contribution in [3.05, 3.63) is 108 Å². The minimum atomic E-state index is -4.24. The number of rotatable bonds is 26. The molecule has 0 fully saturated rings. The summed E-state index contributed by atoms with van der Waals surface area (Å²) in [7, 11) is -3.02. The average molecular weight is 913 g/mol. The summed E-state index contributed by atoms with van der Waals surface area (Å²) in [5.74, 6) is 0.883. The molecular formula is C50H76O11SSi. The van der Waals surface area contributed by atoms with Crippen molar-refractivity contribution < 1.29 is 51.5 Å². The molecule has 0 amide bonds. The minimum absolute atomic E-state index is 0.00499. The van der Waals surface area contributed by atoms with Crippen LogP contribution in [-0.2, 0) is 44.6 Å². The Morgan fingerprint density at radius 1 is 1.03 bits per heavy atom. The molecule has 2 aromatic rings. The largest absolute Gasteiger partial charge is 0.497 e. The molecule has 0 saturated carbocycles. The molecule has 0 spiro atoms. The molecule has 2 aromatic carbocycles. The van der Waals surface area contributed by atoms with E-state index >= 15 is 0 Å². The first-order valence-electron chi connectivity index (χ1n) is 22.4. The van der Waals surface area contributed by atoms with E-state index in [0.29, 0.717) is 31.8 Å². The van der Waals surface area contributed by atoms with Crippen molar-refractivity contribution in [2.24, 2.45) is 5.92 Å². The topological polar surface area (TPSA) is 139 Å². The maximum Gasteiger partial charge on any atom is 0.191 e. The zero-order chi connectivity index (χ0) is 46.2. The predicted molar refractivity (Wildman–Crippen MR) is 252 cm³/mol. The predicted octanol–water partition coefficient (Wildman–Crippen LogP) is 9.30. The second-order valence-electron chi connectivity index (χ2n) is 18.8. The highest BCUT2D eigenvalue weighted by Crippen LogP contribution is 2.37. The SMILES string of the molecule is C=C(C[C@H](C)C[C@@H]1CC=C[C@@H](CCO[Si](C)(C)C(C)(C)C)O1)C[C@H](OCOC)C(O)C(C[C@H](O)[C@H](/C=C/[C@@H]1CC(C)=CCO1)OCc1ccc(OC)cc1)S(=O)(=O)c1ccccc1. The summed E-state index contributed by atoms with van der Waals surface area (Å²) in [5, 5.41) is 22.9. The molecule has 0 radical (unpaired) electrons. The van der Waals surface area contributed by atoms with Gasteiger partial charge in [-0.1, -0.05) is 106 Å². The Hall–Kier alpha value is -2.95. The first-order valence-corrected chi connectivity index (χ1v) is 26.9. The normalized spacial score (nSPS) is 21.6. The van der Waals surface area contributed by atoms with E-state index in [1.165, 1.54) is 24.8 Å². The molecule has 0 saturated heterocycles. The van der Waals surface area contributed by atoms with Crippen molar-refractivity contribution in [2.75, 3.05) is 34.2 Å². The quantitative estimate of drug-likeness (QED) is 0.0531. The fourth-order valence-electron chi connectivity index (χ4n) is 7.71. The molecule has 2 N–H and O–H groups in total. The highest BCUT2D eigenvalue weighted by Gasteiger charge is 2.42. The van der Waals surface area contributed by atoms with Crippen molar-refractivity contribution in [1.29, 1.82) is 0 Å². The second-order valence-corrected chi connectivity index (χ2v) is 25.8. The Kier molecular flexibility index (Phi) is 21.0. The van der Waals surface area contributed by atoms with Crippen LogP contribution in [0.15, 0.2) is 108 Å². The first-order chi connectivity index (χ1) is 29.8. The van der Waals surface area contributed by atoms with Gasteiger partial charge in [-0.25, -0.2) is 8.42 Å². The molecule has 2 aliphatic rings. The molecule has 2 aliphatic heterocycles. The van der Waals surface area contributed by atoms with E-state index < -0.39 is 47.8 Å². The molecule has 11 nitrogen and oxygen atoms in total. The highest BCUT2D eigenvalue weighted by molar-refractivity contribution is 7.92. The summed E-state index contributed by atoms with van der Waals surface area (Å²) in [6.07, 6.45) is 8.41. The number of hydrogen-bond acceptors (Lipinski definition) is 11. The summed E-state index contributed by atoms with van der Waals surface area (Å²) in [5.41, 5.74) is 2.82. The smallest absolute Gasteiger partial charge is 0.191 e. The van der Waals surface area contributed by atoms with Gasteiger partial charge >= 0.3 is 0 Å². The fourth-order valence-corrected chi connectivity index (χ4v) is 10.6. The minimum Gasteiger partial charge on any atom is -0.497 e. The molecule has 13 heteroatoms. The number of sulfone groups is 1. The summed E-state index contributed by atoms with van der Waals surface area (Å²) >= 11 is 0. The van der Waals surface area contributed by atoms with Gasteiger partial charge in [0.2, 0.25) is 0 Å². The standard InChI is InChI=1S/C50H76O11SSi/c1-36-25-27-57-42(30-36)23-24-46(58-34-39-19-21-40(56-8)22-20-39)45(51)33-48(62(53,54)44-17-12-11-13-18-44)49(52)47(59-35-55-7)32-38(3)29-37(2)31-43-16-14-15-41(61-43)26-28-60-63(9,10)50(4,5)6/h11-15,17-25,37,41-43,45-49,51-52H,3,16,26-35H2,1-2,4-10H3/b24-23+/t37-,41-,42+,43-,45-,46-,47-,48?,49?/m0/s1. The van der Waals surface area contributed by atoms with Gasteiger partial charge in [-0.2, -0.15) is 0 Å². The van der Waals surface area contributed by atoms with Gasteiger partial charge in [-0.15, -0.1) is 0 Å². The van der Waals surface area contributed by atoms with E-state index in [2.05, 4.69) is 59.5 Å². The van der Waals surface area contributed by atoms with Crippen LogP contribution < -0.4 is 4.74 Å². The van der Waals surface area contributed by atoms with Gasteiger partial charge in [-0.05, 0) is 106 Å². The van der Waals surface area contributed by atoms with Gasteiger partial charge in [-0.3, -0.25) is 0 Å². The first kappa shape index (κ1) is 52.7. The van der Waals surface area contributed by atoms with Crippen LogP contribution in [0.4, 0.5) is 0 Å². The van der Waals surface area contributed by atoms with Gasteiger partial charge in [0.05, 0.1) is 67.1 Å². The Balaban J connectivity index is 1.50. The number of ether oxygens (including phenoxy) is 6. The van der Waals surface area contributed by atoms with Crippen LogP contribution in [0.3, 0.4) is 0 Å². The fraction of sp³-hybridized carbons (Fsp3) is 0.600. The molecule has 4 rings (SSSR count). The van der Waals surface area contributed by atoms with Crippen LogP contribution >= 0.6 is 0 Å². The van der Waals surface area contributed by atoms with Crippen LogP contribution in [-0.4, -0.2) is 109 Å². The molecule has 2 heterocycles. The van der Waals surface area contributed by atoms with Crippen LogP contribution in [0, 0.1) is 5.92 Å². The zero-order valence-electron chi connectivity index (χ0n) is 39.2. The average Bonchev–Trinajstić information content (AvgIpc) is 3.24. The maximum atomic E-state index is 14.6. The molecule has 0 aliphatic carbocycles. The molecule has 0 aromatic heterocycles. The van der Waals surface area contributed by atoms with Gasteiger partial charge in [0.1, 0.15) is 18.6 Å². The third kappa shape index (κ3) is 16.8. The van der Waals surface area contributed by atoms with Crippen molar-refractivity contribution >= 4 is 18.2 Å². The number of aliphatic hydroxyl groups is 2. The number of aliphatic hydroxyl groups excluding tert-OH is 2. The summed E-state index contributed by atoms with van der Waals surface area (Å²) < 4.78 is 70.9. The Labute approximate surface area is 379 Å². The van der Waals surface area contributed by atoms with E-state index in [9.17, 15) is 18.6 Å². The summed E-state index contributed by atoms with van der Waals surface area (Å²) in [4.78, 5) is 0.0229. The monoisotopic (exact) mass is 912 g/mol. The lowest BCUT2D eigenvalue weighted by atomic mass is 9.90.